The van der Waals surface area contributed by atoms with Crippen molar-refractivity contribution in [1.29, 1.82) is 0 Å². The Morgan fingerprint density at radius 3 is 1.13 bits per heavy atom. The summed E-state index contributed by atoms with van der Waals surface area (Å²) in [5.41, 5.74) is 11.5. The van der Waals surface area contributed by atoms with Crippen LogP contribution in [0.25, 0.3) is 0 Å². The average molecular weight is 623 g/mol. The van der Waals surface area contributed by atoms with Crippen LogP contribution in [0.15, 0.2) is 48.5 Å². The molecule has 2 rings (SSSR count). The molecule has 0 saturated heterocycles. The second-order valence-corrected chi connectivity index (χ2v) is 11.7. The quantitative estimate of drug-likeness (QED) is 0.118. The highest BCUT2D eigenvalue weighted by Crippen LogP contribution is 2.13. The second-order valence-electron chi connectivity index (χ2n) is 11.7. The first-order chi connectivity index (χ1) is 21.4. The monoisotopic (exact) mass is 622 g/mol. The summed E-state index contributed by atoms with van der Waals surface area (Å²) in [6.07, 6.45) is 5.00. The van der Waals surface area contributed by atoms with E-state index in [-0.39, 0.29) is 48.3 Å². The van der Waals surface area contributed by atoms with Crippen LogP contribution in [0.1, 0.15) is 106 Å². The first kappa shape index (κ1) is 36.5. The Labute approximate surface area is 264 Å². The van der Waals surface area contributed by atoms with Crippen molar-refractivity contribution < 1.29 is 28.8 Å². The molecule has 0 aliphatic rings. The van der Waals surface area contributed by atoms with E-state index < -0.39 is 11.8 Å². The molecule has 0 heterocycles. The molecule has 12 nitrogen and oxygen atoms in total. The summed E-state index contributed by atoms with van der Waals surface area (Å²) >= 11 is 0. The third kappa shape index (κ3) is 15.5. The van der Waals surface area contributed by atoms with Gasteiger partial charge in [0.05, 0.1) is 0 Å². The standard InChI is InChI=1S/C33H46N6O6/c1-22(2)20-30(42)34-26-16-12-24(13-17-26)32(44)38-36-28(40)10-8-6-5-7-9-11-29(41)37-39-33(45)25-14-18-27(19-15-25)35-31(43)21-23(3)4/h12-19,22-23H,5-11,20-21H2,1-4H3,(H,34,42)(H,35,43)(H,36,40)(H,37,41)(H,38,44)(H,39,45). The van der Waals surface area contributed by atoms with Crippen LogP contribution >= 0.6 is 0 Å². The molecule has 0 aromatic heterocycles. The second kappa shape index (κ2) is 19.5. The number of unbranched alkanes of at least 4 members (excludes halogenated alkanes) is 4. The van der Waals surface area contributed by atoms with Crippen molar-refractivity contribution in [2.45, 2.75) is 85.5 Å². The number of benzene rings is 2. The van der Waals surface area contributed by atoms with Crippen LogP contribution in [0.2, 0.25) is 0 Å². The number of hydrogen-bond donors (Lipinski definition) is 6. The minimum Gasteiger partial charge on any atom is -0.326 e. The van der Waals surface area contributed by atoms with Gasteiger partial charge in [-0.25, -0.2) is 0 Å². The fourth-order valence-corrected chi connectivity index (χ4v) is 4.20. The average Bonchev–Trinajstić information content (AvgIpc) is 2.98. The molecule has 0 bridgehead atoms. The maximum Gasteiger partial charge on any atom is 0.269 e. The normalized spacial score (nSPS) is 10.6. The van der Waals surface area contributed by atoms with Crippen molar-refractivity contribution >= 4 is 46.8 Å². The smallest absolute Gasteiger partial charge is 0.269 e. The van der Waals surface area contributed by atoms with Crippen LogP contribution in [0.5, 0.6) is 0 Å². The van der Waals surface area contributed by atoms with Crippen LogP contribution < -0.4 is 32.3 Å². The van der Waals surface area contributed by atoms with Gasteiger partial charge in [-0.05, 0) is 73.2 Å². The van der Waals surface area contributed by atoms with Crippen molar-refractivity contribution in [1.82, 2.24) is 21.7 Å². The Kier molecular flexibility index (Phi) is 15.8. The maximum atomic E-state index is 12.3. The minimum atomic E-state index is -0.460. The van der Waals surface area contributed by atoms with Gasteiger partial charge < -0.3 is 10.6 Å². The van der Waals surface area contributed by atoms with Crippen molar-refractivity contribution in [3.63, 3.8) is 0 Å². The zero-order chi connectivity index (χ0) is 33.2. The van der Waals surface area contributed by atoms with E-state index in [1.807, 2.05) is 27.7 Å². The summed E-state index contributed by atoms with van der Waals surface area (Å²) in [4.78, 5) is 72.4. The van der Waals surface area contributed by atoms with Gasteiger partial charge in [-0.1, -0.05) is 47.0 Å². The zero-order valence-corrected chi connectivity index (χ0v) is 26.6. The number of carbonyl (C=O) groups is 6. The molecule has 45 heavy (non-hydrogen) atoms. The predicted octanol–water partition coefficient (Wildman–Crippen LogP) is 4.61. The molecule has 0 unspecified atom stereocenters. The zero-order valence-electron chi connectivity index (χ0n) is 26.6. The Morgan fingerprint density at radius 1 is 0.467 bits per heavy atom. The molecule has 0 saturated carbocycles. The van der Waals surface area contributed by atoms with Crippen LogP contribution in [0, 0.1) is 11.8 Å². The lowest BCUT2D eigenvalue weighted by Crippen LogP contribution is -2.41. The summed E-state index contributed by atoms with van der Waals surface area (Å²) in [6.45, 7) is 7.83. The number of anilines is 2. The number of hydrazine groups is 2. The van der Waals surface area contributed by atoms with Gasteiger partial charge in [-0.2, -0.15) is 0 Å². The van der Waals surface area contributed by atoms with E-state index in [9.17, 15) is 28.8 Å². The number of rotatable bonds is 16. The molecule has 0 fully saturated rings. The first-order valence-corrected chi connectivity index (χ1v) is 15.4. The molecular weight excluding hydrogens is 576 g/mol. The minimum absolute atomic E-state index is 0.0914. The molecule has 0 aliphatic heterocycles. The van der Waals surface area contributed by atoms with E-state index in [4.69, 9.17) is 0 Å². The lowest BCUT2D eigenvalue weighted by molar-refractivity contribution is -0.122. The SMILES string of the molecule is CC(C)CC(=O)Nc1ccc(C(=O)NNC(=O)CCCCCCCC(=O)NNC(=O)c2ccc(NC(=O)CC(C)C)cc2)cc1. The molecule has 6 amide bonds. The summed E-state index contributed by atoms with van der Waals surface area (Å²) in [5, 5.41) is 5.55. The molecule has 0 radical (unpaired) electrons. The molecule has 0 atom stereocenters. The van der Waals surface area contributed by atoms with Crippen LogP contribution in [-0.4, -0.2) is 35.4 Å². The van der Waals surface area contributed by atoms with Gasteiger partial charge in [0, 0.05) is 48.2 Å². The predicted molar refractivity (Wildman–Crippen MR) is 173 cm³/mol. The summed E-state index contributed by atoms with van der Waals surface area (Å²) < 4.78 is 0. The van der Waals surface area contributed by atoms with Crippen LogP contribution in [0.3, 0.4) is 0 Å². The molecular formula is C33H46N6O6. The van der Waals surface area contributed by atoms with Crippen molar-refractivity contribution in [2.24, 2.45) is 11.8 Å². The highest BCUT2D eigenvalue weighted by molar-refractivity contribution is 5.97. The highest BCUT2D eigenvalue weighted by Gasteiger charge is 2.11. The molecule has 2 aromatic rings. The fourth-order valence-electron chi connectivity index (χ4n) is 4.20. The van der Waals surface area contributed by atoms with Gasteiger partial charge in [0.15, 0.2) is 0 Å². The van der Waals surface area contributed by atoms with Gasteiger partial charge in [0.2, 0.25) is 23.6 Å². The van der Waals surface area contributed by atoms with Gasteiger partial charge >= 0.3 is 0 Å². The van der Waals surface area contributed by atoms with Crippen molar-refractivity contribution in [2.75, 3.05) is 10.6 Å². The fraction of sp³-hybridized carbons (Fsp3) is 0.455. The number of carbonyl (C=O) groups excluding carboxylic acids is 6. The largest absolute Gasteiger partial charge is 0.326 e. The van der Waals surface area contributed by atoms with Gasteiger partial charge in [0.1, 0.15) is 0 Å². The molecule has 0 aliphatic carbocycles. The summed E-state index contributed by atoms with van der Waals surface area (Å²) in [7, 11) is 0. The first-order valence-electron chi connectivity index (χ1n) is 15.4. The van der Waals surface area contributed by atoms with E-state index in [2.05, 4.69) is 32.3 Å². The third-order valence-corrected chi connectivity index (χ3v) is 6.49. The third-order valence-electron chi connectivity index (χ3n) is 6.49. The Morgan fingerprint density at radius 2 is 0.800 bits per heavy atom. The topological polar surface area (TPSA) is 175 Å². The highest BCUT2D eigenvalue weighted by atomic mass is 16.2. The lowest BCUT2D eigenvalue weighted by Gasteiger charge is -2.10. The Bertz CT molecular complexity index is 1190. The molecule has 244 valence electrons. The van der Waals surface area contributed by atoms with Gasteiger partial charge in [0.25, 0.3) is 11.8 Å². The Balaban J connectivity index is 1.52. The van der Waals surface area contributed by atoms with Crippen molar-refractivity contribution in [3.8, 4) is 0 Å². The maximum absolute atomic E-state index is 12.3. The molecule has 6 N–H and O–H groups in total. The molecule has 12 heteroatoms. The van der Waals surface area contributed by atoms with E-state index in [1.54, 1.807) is 48.5 Å². The Hall–Kier alpha value is -4.74. The summed E-state index contributed by atoms with van der Waals surface area (Å²) in [5.74, 6) is -1.22. The van der Waals surface area contributed by atoms with E-state index >= 15 is 0 Å². The number of amides is 6. The van der Waals surface area contributed by atoms with E-state index in [1.165, 1.54) is 0 Å². The number of hydrogen-bond acceptors (Lipinski definition) is 6. The van der Waals surface area contributed by atoms with Crippen molar-refractivity contribution in [3.05, 3.63) is 59.7 Å². The van der Waals surface area contributed by atoms with Crippen LogP contribution in [-0.2, 0) is 19.2 Å². The lowest BCUT2D eigenvalue weighted by atomic mass is 10.1. The van der Waals surface area contributed by atoms with Gasteiger partial charge in [-0.3, -0.25) is 50.5 Å². The molecule has 2 aromatic carbocycles. The van der Waals surface area contributed by atoms with E-state index in [0.717, 1.165) is 19.3 Å². The summed E-state index contributed by atoms with van der Waals surface area (Å²) in [6, 6.07) is 12.8. The van der Waals surface area contributed by atoms with Crippen LogP contribution in [0.4, 0.5) is 11.4 Å². The number of nitrogens with one attached hydrogen (secondary N) is 6. The molecule has 0 spiro atoms. The van der Waals surface area contributed by atoms with Gasteiger partial charge in [-0.15, -0.1) is 0 Å². The van der Waals surface area contributed by atoms with E-state index in [0.29, 0.717) is 48.2 Å².